The van der Waals surface area contributed by atoms with Gasteiger partial charge in [-0.2, -0.15) is 0 Å². The van der Waals surface area contributed by atoms with Crippen molar-refractivity contribution in [2.45, 2.75) is 11.6 Å². The summed E-state index contributed by atoms with van der Waals surface area (Å²) in [6, 6.07) is 24.7. The van der Waals surface area contributed by atoms with E-state index in [1.165, 1.54) is 5.56 Å². The van der Waals surface area contributed by atoms with E-state index < -0.39 is 0 Å². The van der Waals surface area contributed by atoms with Crippen molar-refractivity contribution in [2.75, 3.05) is 5.75 Å². The monoisotopic (exact) mass is 358 g/mol. The maximum atomic E-state index is 4.46. The topological polar surface area (TPSA) is 43.6 Å². The highest BCUT2D eigenvalue weighted by Crippen LogP contribution is 2.28. The number of rotatable bonds is 6. The molecule has 0 aliphatic carbocycles. The van der Waals surface area contributed by atoms with Crippen LogP contribution in [-0.2, 0) is 6.42 Å². The number of hydrogen-bond donors (Lipinski definition) is 0. The molecule has 0 saturated heterocycles. The van der Waals surface area contributed by atoms with Crippen LogP contribution < -0.4 is 0 Å². The lowest BCUT2D eigenvalue weighted by Gasteiger charge is -2.10. The summed E-state index contributed by atoms with van der Waals surface area (Å²) in [5.41, 5.74) is 3.40. The van der Waals surface area contributed by atoms with Crippen molar-refractivity contribution in [2.24, 2.45) is 0 Å². The molecule has 0 N–H and O–H groups in total. The number of hydrogen-bond acceptors (Lipinski definition) is 4. The second-order valence-corrected chi connectivity index (χ2v) is 6.86. The number of thioether (sulfide) groups is 1. The first-order valence-electron chi connectivity index (χ1n) is 8.50. The van der Waals surface area contributed by atoms with Crippen LogP contribution in [0.3, 0.4) is 0 Å². The largest absolute Gasteiger partial charge is 0.270 e. The number of pyridine rings is 1. The van der Waals surface area contributed by atoms with Crippen LogP contribution >= 0.6 is 11.8 Å². The smallest absolute Gasteiger partial charge is 0.196 e. The van der Waals surface area contributed by atoms with E-state index in [4.69, 9.17) is 0 Å². The van der Waals surface area contributed by atoms with Crippen LogP contribution in [0.5, 0.6) is 0 Å². The van der Waals surface area contributed by atoms with E-state index in [1.807, 2.05) is 36.4 Å². The molecule has 4 nitrogen and oxygen atoms in total. The highest BCUT2D eigenvalue weighted by Gasteiger charge is 2.15. The molecule has 2 heterocycles. The van der Waals surface area contributed by atoms with Gasteiger partial charge in [0, 0.05) is 29.4 Å². The summed E-state index contributed by atoms with van der Waals surface area (Å²) >= 11 is 1.73. The average Bonchev–Trinajstić information content (AvgIpc) is 3.14. The number of aromatic nitrogens is 4. The summed E-state index contributed by atoms with van der Waals surface area (Å²) < 4.78 is 2.12. The molecule has 0 aliphatic rings. The normalized spacial score (nSPS) is 10.8. The lowest BCUT2D eigenvalue weighted by Crippen LogP contribution is -2.00. The van der Waals surface area contributed by atoms with Gasteiger partial charge in [0.2, 0.25) is 0 Å². The lowest BCUT2D eigenvalue weighted by molar-refractivity contribution is 0.885. The van der Waals surface area contributed by atoms with Crippen molar-refractivity contribution in [3.8, 4) is 17.1 Å². The molecule has 128 valence electrons. The van der Waals surface area contributed by atoms with E-state index in [0.717, 1.165) is 34.4 Å². The SMILES string of the molecule is c1ccc(CCSc2nnc(-c3ccncc3)n2-c2ccccc2)cc1. The minimum absolute atomic E-state index is 0.834. The fourth-order valence-corrected chi connectivity index (χ4v) is 3.71. The molecular weight excluding hydrogens is 340 g/mol. The molecule has 0 fully saturated rings. The average molecular weight is 358 g/mol. The third-order valence-electron chi connectivity index (χ3n) is 4.05. The Morgan fingerprint density at radius 1 is 0.769 bits per heavy atom. The van der Waals surface area contributed by atoms with E-state index in [0.29, 0.717) is 0 Å². The third kappa shape index (κ3) is 3.68. The van der Waals surface area contributed by atoms with Crippen molar-refractivity contribution >= 4 is 11.8 Å². The van der Waals surface area contributed by atoms with Gasteiger partial charge >= 0.3 is 0 Å². The zero-order chi connectivity index (χ0) is 17.6. The van der Waals surface area contributed by atoms with Gasteiger partial charge in [-0.3, -0.25) is 9.55 Å². The summed E-state index contributed by atoms with van der Waals surface area (Å²) in [6.45, 7) is 0. The van der Waals surface area contributed by atoms with Gasteiger partial charge < -0.3 is 0 Å². The van der Waals surface area contributed by atoms with Crippen LogP contribution in [0.1, 0.15) is 5.56 Å². The van der Waals surface area contributed by atoms with E-state index in [-0.39, 0.29) is 0 Å². The summed E-state index contributed by atoms with van der Waals surface area (Å²) in [4.78, 5) is 4.10. The van der Waals surface area contributed by atoms with Gasteiger partial charge in [0.1, 0.15) is 0 Å². The van der Waals surface area contributed by atoms with Crippen LogP contribution in [0.4, 0.5) is 0 Å². The standard InChI is InChI=1S/C21H18N4S/c1-3-7-17(8-4-1)13-16-26-21-24-23-20(18-11-14-22-15-12-18)25(21)19-9-5-2-6-10-19/h1-12,14-15H,13,16H2. The fourth-order valence-electron chi connectivity index (χ4n) is 2.77. The van der Waals surface area contributed by atoms with Crippen LogP contribution in [0.2, 0.25) is 0 Å². The predicted molar refractivity (Wildman–Crippen MR) is 105 cm³/mol. The molecule has 0 bridgehead atoms. The maximum Gasteiger partial charge on any atom is 0.196 e. The van der Waals surface area contributed by atoms with Crippen molar-refractivity contribution in [1.29, 1.82) is 0 Å². The Bertz CT molecular complexity index is 953. The molecule has 26 heavy (non-hydrogen) atoms. The second kappa shape index (κ2) is 7.97. The Kier molecular flexibility index (Phi) is 5.07. The van der Waals surface area contributed by atoms with E-state index in [9.17, 15) is 0 Å². The quantitative estimate of drug-likeness (QED) is 0.470. The van der Waals surface area contributed by atoms with Crippen molar-refractivity contribution in [1.82, 2.24) is 19.7 Å². The molecule has 0 aliphatic heterocycles. The van der Waals surface area contributed by atoms with Gasteiger partial charge in [0.15, 0.2) is 11.0 Å². The highest BCUT2D eigenvalue weighted by molar-refractivity contribution is 7.99. The molecule has 4 aromatic rings. The third-order valence-corrected chi connectivity index (χ3v) is 4.98. The zero-order valence-corrected chi connectivity index (χ0v) is 15.0. The van der Waals surface area contributed by atoms with Gasteiger partial charge in [-0.15, -0.1) is 10.2 Å². The second-order valence-electron chi connectivity index (χ2n) is 5.80. The van der Waals surface area contributed by atoms with Crippen LogP contribution in [0, 0.1) is 0 Å². The fraction of sp³-hybridized carbons (Fsp3) is 0.0952. The van der Waals surface area contributed by atoms with Crippen LogP contribution in [0.15, 0.2) is 90.3 Å². The van der Waals surface area contributed by atoms with E-state index in [2.05, 4.69) is 56.1 Å². The summed E-state index contributed by atoms with van der Waals surface area (Å²) in [5, 5.41) is 9.81. The van der Waals surface area contributed by atoms with Crippen molar-refractivity contribution in [3.63, 3.8) is 0 Å². The highest BCUT2D eigenvalue weighted by atomic mass is 32.2. The lowest BCUT2D eigenvalue weighted by atomic mass is 10.2. The molecule has 0 radical (unpaired) electrons. The zero-order valence-electron chi connectivity index (χ0n) is 14.2. The molecule has 0 saturated carbocycles. The van der Waals surface area contributed by atoms with Gasteiger partial charge in [0.25, 0.3) is 0 Å². The predicted octanol–water partition coefficient (Wildman–Crippen LogP) is 4.66. The van der Waals surface area contributed by atoms with Crippen LogP contribution in [0.25, 0.3) is 17.1 Å². The molecular formula is C21H18N4S. The van der Waals surface area contributed by atoms with Gasteiger partial charge in [-0.1, -0.05) is 60.3 Å². The minimum atomic E-state index is 0.834. The first-order valence-corrected chi connectivity index (χ1v) is 9.48. The number of para-hydroxylation sites is 1. The summed E-state index contributed by atoms with van der Waals surface area (Å²) in [7, 11) is 0. The Morgan fingerprint density at radius 2 is 1.46 bits per heavy atom. The summed E-state index contributed by atoms with van der Waals surface area (Å²) in [5.74, 6) is 1.78. The first kappa shape index (κ1) is 16.5. The Morgan fingerprint density at radius 3 is 2.19 bits per heavy atom. The van der Waals surface area contributed by atoms with E-state index in [1.54, 1.807) is 24.2 Å². The molecule has 4 rings (SSSR count). The van der Waals surface area contributed by atoms with Gasteiger partial charge in [-0.05, 0) is 36.2 Å². The van der Waals surface area contributed by atoms with Gasteiger partial charge in [-0.25, -0.2) is 0 Å². The number of aryl methyl sites for hydroxylation is 1. The summed E-state index contributed by atoms with van der Waals surface area (Å²) in [6.07, 6.45) is 4.56. The minimum Gasteiger partial charge on any atom is -0.270 e. The molecule has 0 atom stereocenters. The van der Waals surface area contributed by atoms with E-state index >= 15 is 0 Å². The number of nitrogens with zero attached hydrogens (tertiary/aromatic N) is 4. The van der Waals surface area contributed by atoms with Crippen LogP contribution in [-0.4, -0.2) is 25.5 Å². The molecule has 0 amide bonds. The Hall–Kier alpha value is -2.92. The molecule has 0 unspecified atom stereocenters. The Balaban J connectivity index is 1.63. The van der Waals surface area contributed by atoms with Crippen molar-refractivity contribution in [3.05, 3.63) is 90.8 Å². The molecule has 2 aromatic carbocycles. The number of benzene rings is 2. The Labute approximate surface area is 157 Å². The molecule has 2 aromatic heterocycles. The maximum absolute atomic E-state index is 4.46. The van der Waals surface area contributed by atoms with Crippen molar-refractivity contribution < 1.29 is 0 Å². The first-order chi connectivity index (χ1) is 12.9. The molecule has 5 heteroatoms. The van der Waals surface area contributed by atoms with Gasteiger partial charge in [0.05, 0.1) is 0 Å². The molecule has 0 spiro atoms.